The first-order chi connectivity index (χ1) is 3.81. The third-order valence-electron chi connectivity index (χ3n) is 1.12. The van der Waals surface area contributed by atoms with Crippen molar-refractivity contribution >= 4 is 0 Å². The molecule has 0 aliphatic heterocycles. The van der Waals surface area contributed by atoms with Gasteiger partial charge < -0.3 is 4.74 Å². The summed E-state index contributed by atoms with van der Waals surface area (Å²) < 4.78 is 4.62. The van der Waals surface area contributed by atoms with Gasteiger partial charge in [-0.1, -0.05) is 13.0 Å². The number of hydrogen-bond acceptors (Lipinski definition) is 1. The van der Waals surface area contributed by atoms with E-state index < -0.39 is 0 Å². The molecule has 0 saturated heterocycles. The summed E-state index contributed by atoms with van der Waals surface area (Å²) >= 11 is 0. The third-order valence-corrected chi connectivity index (χ3v) is 1.12. The Morgan fingerprint density at radius 3 is 2.75 bits per heavy atom. The number of rotatable bonds is 4. The first-order valence-electron chi connectivity index (χ1n) is 2.80. The molecular formula is C7H13O. The van der Waals surface area contributed by atoms with E-state index >= 15 is 0 Å². The summed E-state index contributed by atoms with van der Waals surface area (Å²) in [6, 6.07) is 0. The number of allylic oxidation sites excluding steroid dienone is 1. The fourth-order valence-corrected chi connectivity index (χ4v) is 0.387. The molecule has 1 unspecified atom stereocenters. The number of ether oxygens (including phenoxy) is 1. The molecule has 47 valence electrons. The molecule has 0 N–H and O–H groups in total. The van der Waals surface area contributed by atoms with Crippen molar-refractivity contribution in [1.29, 1.82) is 0 Å². The highest BCUT2D eigenvalue weighted by Crippen LogP contribution is 2.00. The average molecular weight is 113 g/mol. The van der Waals surface area contributed by atoms with Crippen molar-refractivity contribution in [3.05, 3.63) is 19.8 Å². The highest BCUT2D eigenvalue weighted by Gasteiger charge is 1.92. The summed E-state index contributed by atoms with van der Waals surface area (Å²) in [7, 11) is 3.26. The standard InChI is InChI=1S/C7H13O/c1-4-7(2)5-6-8-3/h4,7H,1,3,5-6H2,2H3. The summed E-state index contributed by atoms with van der Waals surface area (Å²) in [5, 5.41) is 0. The first kappa shape index (κ1) is 7.70. The van der Waals surface area contributed by atoms with Gasteiger partial charge in [-0.3, -0.25) is 0 Å². The topological polar surface area (TPSA) is 9.23 Å². The monoisotopic (exact) mass is 113 g/mol. The van der Waals surface area contributed by atoms with Gasteiger partial charge in [-0.25, -0.2) is 0 Å². The van der Waals surface area contributed by atoms with Crippen LogP contribution in [-0.4, -0.2) is 6.61 Å². The second-order valence-corrected chi connectivity index (χ2v) is 1.91. The van der Waals surface area contributed by atoms with Crippen molar-refractivity contribution in [3.63, 3.8) is 0 Å². The van der Waals surface area contributed by atoms with Gasteiger partial charge >= 0.3 is 0 Å². The van der Waals surface area contributed by atoms with Gasteiger partial charge in [0.25, 0.3) is 0 Å². The Kier molecular flexibility index (Phi) is 4.67. The zero-order chi connectivity index (χ0) is 6.41. The van der Waals surface area contributed by atoms with Crippen molar-refractivity contribution in [3.8, 4) is 0 Å². The van der Waals surface area contributed by atoms with Crippen LogP contribution in [0.25, 0.3) is 0 Å². The van der Waals surface area contributed by atoms with E-state index in [9.17, 15) is 0 Å². The first-order valence-corrected chi connectivity index (χ1v) is 2.80. The molecule has 1 heteroatoms. The fraction of sp³-hybridized carbons (Fsp3) is 0.571. The van der Waals surface area contributed by atoms with Gasteiger partial charge in [-0.05, 0) is 12.3 Å². The molecule has 0 aromatic carbocycles. The van der Waals surface area contributed by atoms with Crippen LogP contribution >= 0.6 is 0 Å². The number of hydrogen-bond donors (Lipinski definition) is 0. The van der Waals surface area contributed by atoms with Gasteiger partial charge in [0.2, 0.25) is 0 Å². The van der Waals surface area contributed by atoms with Crippen molar-refractivity contribution in [1.82, 2.24) is 0 Å². The molecule has 0 spiro atoms. The van der Waals surface area contributed by atoms with Crippen molar-refractivity contribution < 1.29 is 4.74 Å². The molecule has 0 rings (SSSR count). The van der Waals surface area contributed by atoms with Gasteiger partial charge in [-0.15, -0.1) is 6.58 Å². The molecule has 0 aromatic heterocycles. The molecule has 0 heterocycles. The minimum atomic E-state index is 0.553. The lowest BCUT2D eigenvalue weighted by molar-refractivity contribution is 0.227. The third kappa shape index (κ3) is 3.88. The van der Waals surface area contributed by atoms with E-state index in [-0.39, 0.29) is 0 Å². The highest BCUT2D eigenvalue weighted by molar-refractivity contribution is 4.74. The molecule has 0 aliphatic rings. The van der Waals surface area contributed by atoms with Crippen LogP contribution < -0.4 is 0 Å². The van der Waals surface area contributed by atoms with Crippen LogP contribution in [0, 0.1) is 13.0 Å². The maximum atomic E-state index is 4.62. The lowest BCUT2D eigenvalue weighted by Gasteiger charge is -2.01. The van der Waals surface area contributed by atoms with Gasteiger partial charge in [0, 0.05) is 6.61 Å². The Morgan fingerprint density at radius 1 is 1.75 bits per heavy atom. The van der Waals surface area contributed by atoms with Crippen LogP contribution in [0.3, 0.4) is 0 Å². The Labute approximate surface area is 51.4 Å². The van der Waals surface area contributed by atoms with Crippen LogP contribution in [0.5, 0.6) is 0 Å². The molecule has 1 radical (unpaired) electrons. The summed E-state index contributed by atoms with van der Waals surface area (Å²) in [5.41, 5.74) is 0. The molecule has 0 amide bonds. The van der Waals surface area contributed by atoms with E-state index in [1.165, 1.54) is 0 Å². The Morgan fingerprint density at radius 2 is 2.38 bits per heavy atom. The Balaban J connectivity index is 2.98. The van der Waals surface area contributed by atoms with Gasteiger partial charge in [0.05, 0.1) is 7.11 Å². The summed E-state index contributed by atoms with van der Waals surface area (Å²) in [6.45, 7) is 6.47. The molecule has 0 saturated carbocycles. The zero-order valence-electron chi connectivity index (χ0n) is 5.39. The Hall–Kier alpha value is -0.300. The molecule has 0 fully saturated rings. The predicted molar refractivity (Wildman–Crippen MR) is 35.3 cm³/mol. The zero-order valence-corrected chi connectivity index (χ0v) is 5.39. The maximum Gasteiger partial charge on any atom is 0.0700 e. The van der Waals surface area contributed by atoms with E-state index in [2.05, 4.69) is 25.3 Å². The van der Waals surface area contributed by atoms with Crippen LogP contribution in [0.1, 0.15) is 13.3 Å². The SMILES string of the molecule is [CH2]OCCC(C)C=C. The molecule has 1 atom stereocenters. The fourth-order valence-electron chi connectivity index (χ4n) is 0.387. The summed E-state index contributed by atoms with van der Waals surface area (Å²) in [5.74, 6) is 0.553. The van der Waals surface area contributed by atoms with E-state index in [1.54, 1.807) is 0 Å². The second kappa shape index (κ2) is 4.85. The molecule has 0 bridgehead atoms. The summed E-state index contributed by atoms with van der Waals surface area (Å²) in [4.78, 5) is 0. The molecule has 1 nitrogen and oxygen atoms in total. The van der Waals surface area contributed by atoms with Crippen LogP contribution in [0.15, 0.2) is 12.7 Å². The Bertz CT molecular complexity index is 59.4. The quantitative estimate of drug-likeness (QED) is 0.507. The molecule has 8 heavy (non-hydrogen) atoms. The van der Waals surface area contributed by atoms with Gasteiger partial charge in [-0.2, -0.15) is 0 Å². The van der Waals surface area contributed by atoms with Gasteiger partial charge in [0.1, 0.15) is 0 Å². The highest BCUT2D eigenvalue weighted by atomic mass is 16.5. The smallest absolute Gasteiger partial charge is 0.0700 e. The maximum absolute atomic E-state index is 4.62. The minimum Gasteiger partial charge on any atom is -0.379 e. The van der Waals surface area contributed by atoms with Crippen LogP contribution in [0.2, 0.25) is 0 Å². The molecular weight excluding hydrogens is 100 g/mol. The lowest BCUT2D eigenvalue weighted by Crippen LogP contribution is -1.94. The van der Waals surface area contributed by atoms with E-state index in [0.717, 1.165) is 13.0 Å². The van der Waals surface area contributed by atoms with Gasteiger partial charge in [0.15, 0.2) is 0 Å². The average Bonchev–Trinajstić information content (AvgIpc) is 1.83. The summed E-state index contributed by atoms with van der Waals surface area (Å²) in [6.07, 6.45) is 2.94. The van der Waals surface area contributed by atoms with Crippen LogP contribution in [0.4, 0.5) is 0 Å². The molecule has 0 aliphatic carbocycles. The van der Waals surface area contributed by atoms with E-state index in [0.29, 0.717) is 5.92 Å². The minimum absolute atomic E-state index is 0.553. The predicted octanol–water partition coefficient (Wildman–Crippen LogP) is 2.01. The van der Waals surface area contributed by atoms with E-state index in [4.69, 9.17) is 0 Å². The lowest BCUT2D eigenvalue weighted by atomic mass is 10.1. The van der Waals surface area contributed by atoms with E-state index in [1.807, 2.05) is 6.08 Å². The largest absolute Gasteiger partial charge is 0.379 e. The van der Waals surface area contributed by atoms with Crippen LogP contribution in [-0.2, 0) is 4.74 Å². The van der Waals surface area contributed by atoms with Crippen molar-refractivity contribution in [2.24, 2.45) is 5.92 Å². The molecule has 0 aromatic rings. The second-order valence-electron chi connectivity index (χ2n) is 1.91. The normalized spacial score (nSPS) is 13.2. The van der Waals surface area contributed by atoms with Crippen molar-refractivity contribution in [2.75, 3.05) is 6.61 Å². The van der Waals surface area contributed by atoms with Crippen molar-refractivity contribution in [2.45, 2.75) is 13.3 Å².